The lowest BCUT2D eigenvalue weighted by Gasteiger charge is -2.09. The number of rotatable bonds is 4. The van der Waals surface area contributed by atoms with E-state index in [1.807, 2.05) is 6.20 Å². The summed E-state index contributed by atoms with van der Waals surface area (Å²) in [7, 11) is 0. The highest BCUT2D eigenvalue weighted by molar-refractivity contribution is 5.67. The highest BCUT2D eigenvalue weighted by Crippen LogP contribution is 2.27. The molecule has 0 spiro atoms. The normalized spacial score (nSPS) is 10.9. The third kappa shape index (κ3) is 2.62. The molecule has 2 rings (SSSR count). The summed E-state index contributed by atoms with van der Waals surface area (Å²) in [6.45, 7) is 6.58. The van der Waals surface area contributed by atoms with Crippen molar-refractivity contribution < 1.29 is 5.11 Å². The average Bonchev–Trinajstić information content (AvgIpc) is 2.73. The molecule has 96 valence electrons. The van der Waals surface area contributed by atoms with Crippen LogP contribution in [0.25, 0.3) is 11.3 Å². The topological polar surface area (TPSA) is 48.9 Å². The Bertz CT molecular complexity index is 520. The molecular weight excluding hydrogens is 224 g/mol. The molecular formula is C15H20N2O. The van der Waals surface area contributed by atoms with Gasteiger partial charge in [-0.15, -0.1) is 0 Å². The molecule has 0 bridgehead atoms. The van der Waals surface area contributed by atoms with Crippen LogP contribution in [0.1, 0.15) is 28.9 Å². The molecule has 2 N–H and O–H groups in total. The van der Waals surface area contributed by atoms with E-state index >= 15 is 0 Å². The molecule has 0 amide bonds. The number of aliphatic hydroxyl groups excluding tert-OH is 1. The number of H-pyrrole nitrogens is 1. The second kappa shape index (κ2) is 5.36. The molecule has 1 heterocycles. The fraction of sp³-hybridized carbons (Fsp3) is 0.400. The maximum absolute atomic E-state index is 8.83. The van der Waals surface area contributed by atoms with Gasteiger partial charge < -0.3 is 10.1 Å². The molecule has 0 aliphatic carbocycles. The monoisotopic (exact) mass is 244 g/mol. The van der Waals surface area contributed by atoms with Gasteiger partial charge in [0, 0.05) is 18.6 Å². The molecule has 0 fully saturated rings. The Morgan fingerprint density at radius 1 is 1.17 bits per heavy atom. The first kappa shape index (κ1) is 12.8. The Hall–Kier alpha value is -1.61. The van der Waals surface area contributed by atoms with Crippen molar-refractivity contribution in [2.75, 3.05) is 6.61 Å². The third-order valence-electron chi connectivity index (χ3n) is 3.15. The van der Waals surface area contributed by atoms with E-state index in [1.54, 1.807) is 0 Å². The lowest BCUT2D eigenvalue weighted by molar-refractivity contribution is 0.287. The van der Waals surface area contributed by atoms with Gasteiger partial charge in [-0.05, 0) is 38.3 Å². The van der Waals surface area contributed by atoms with Crippen LogP contribution in [-0.2, 0) is 6.42 Å². The van der Waals surface area contributed by atoms with Crippen LogP contribution < -0.4 is 0 Å². The summed E-state index contributed by atoms with van der Waals surface area (Å²) < 4.78 is 0. The summed E-state index contributed by atoms with van der Waals surface area (Å²) in [6.07, 6.45) is 3.43. The van der Waals surface area contributed by atoms with E-state index in [0.29, 0.717) is 0 Å². The molecule has 1 aromatic heterocycles. The zero-order valence-corrected chi connectivity index (χ0v) is 11.2. The Kier molecular flexibility index (Phi) is 3.82. The van der Waals surface area contributed by atoms with E-state index in [-0.39, 0.29) is 6.61 Å². The summed E-state index contributed by atoms with van der Waals surface area (Å²) in [6, 6.07) is 4.38. The van der Waals surface area contributed by atoms with Crippen molar-refractivity contribution in [1.29, 1.82) is 0 Å². The van der Waals surface area contributed by atoms with Crippen molar-refractivity contribution >= 4 is 0 Å². The third-order valence-corrected chi connectivity index (χ3v) is 3.15. The summed E-state index contributed by atoms with van der Waals surface area (Å²) in [5.74, 6) is 0.943. The first-order valence-corrected chi connectivity index (χ1v) is 6.34. The van der Waals surface area contributed by atoms with Crippen molar-refractivity contribution in [3.05, 3.63) is 40.8 Å². The SMILES string of the molecule is Cc1cc(C)c(-c2cnc(CCCO)[nH]2)c(C)c1. The maximum atomic E-state index is 8.83. The molecule has 3 nitrogen and oxygen atoms in total. The van der Waals surface area contributed by atoms with Crippen LogP contribution in [0, 0.1) is 20.8 Å². The summed E-state index contributed by atoms with van der Waals surface area (Å²) in [5.41, 5.74) is 6.13. The van der Waals surface area contributed by atoms with Gasteiger partial charge in [-0.25, -0.2) is 4.98 Å². The summed E-state index contributed by atoms with van der Waals surface area (Å²) in [5, 5.41) is 8.83. The predicted molar refractivity (Wildman–Crippen MR) is 73.6 cm³/mol. The minimum absolute atomic E-state index is 0.207. The maximum Gasteiger partial charge on any atom is 0.106 e. The second-order valence-corrected chi connectivity index (χ2v) is 4.84. The Morgan fingerprint density at radius 3 is 2.44 bits per heavy atom. The number of benzene rings is 1. The minimum Gasteiger partial charge on any atom is -0.396 e. The Morgan fingerprint density at radius 2 is 1.83 bits per heavy atom. The molecule has 18 heavy (non-hydrogen) atoms. The molecule has 0 saturated heterocycles. The summed E-state index contributed by atoms with van der Waals surface area (Å²) in [4.78, 5) is 7.71. The molecule has 0 aliphatic rings. The van der Waals surface area contributed by atoms with Crippen LogP contribution >= 0.6 is 0 Å². The Labute approximate surface area is 108 Å². The largest absolute Gasteiger partial charge is 0.396 e. The number of imidazole rings is 1. The van der Waals surface area contributed by atoms with E-state index < -0.39 is 0 Å². The number of hydrogen-bond acceptors (Lipinski definition) is 2. The van der Waals surface area contributed by atoms with Crippen LogP contribution in [0.5, 0.6) is 0 Å². The first-order chi connectivity index (χ1) is 8.61. The molecule has 0 unspecified atom stereocenters. The number of aromatic amines is 1. The van der Waals surface area contributed by atoms with Crippen molar-refractivity contribution in [2.45, 2.75) is 33.6 Å². The van der Waals surface area contributed by atoms with Crippen LogP contribution in [0.2, 0.25) is 0 Å². The molecule has 0 radical (unpaired) electrons. The molecule has 1 aromatic carbocycles. The fourth-order valence-electron chi connectivity index (χ4n) is 2.47. The van der Waals surface area contributed by atoms with Gasteiger partial charge in [-0.1, -0.05) is 17.7 Å². The van der Waals surface area contributed by atoms with Crippen molar-refractivity contribution in [3.8, 4) is 11.3 Å². The van der Waals surface area contributed by atoms with E-state index in [2.05, 4.69) is 42.9 Å². The van der Waals surface area contributed by atoms with E-state index in [0.717, 1.165) is 24.4 Å². The van der Waals surface area contributed by atoms with Gasteiger partial charge in [0.2, 0.25) is 0 Å². The van der Waals surface area contributed by atoms with E-state index in [4.69, 9.17) is 5.11 Å². The van der Waals surface area contributed by atoms with Gasteiger partial charge in [-0.3, -0.25) is 0 Å². The van der Waals surface area contributed by atoms with Gasteiger partial charge in [0.15, 0.2) is 0 Å². The second-order valence-electron chi connectivity index (χ2n) is 4.84. The lowest BCUT2D eigenvalue weighted by Crippen LogP contribution is -1.93. The van der Waals surface area contributed by atoms with Crippen molar-refractivity contribution in [1.82, 2.24) is 9.97 Å². The van der Waals surface area contributed by atoms with Crippen LogP contribution in [-0.4, -0.2) is 21.7 Å². The number of hydrogen-bond donors (Lipinski definition) is 2. The highest BCUT2D eigenvalue weighted by Gasteiger charge is 2.09. The highest BCUT2D eigenvalue weighted by atomic mass is 16.2. The van der Waals surface area contributed by atoms with E-state index in [9.17, 15) is 0 Å². The zero-order valence-electron chi connectivity index (χ0n) is 11.2. The van der Waals surface area contributed by atoms with Crippen LogP contribution in [0.15, 0.2) is 18.3 Å². The van der Waals surface area contributed by atoms with Crippen molar-refractivity contribution in [3.63, 3.8) is 0 Å². The zero-order chi connectivity index (χ0) is 13.1. The van der Waals surface area contributed by atoms with Crippen LogP contribution in [0.4, 0.5) is 0 Å². The van der Waals surface area contributed by atoms with Gasteiger partial charge in [0.05, 0.1) is 11.9 Å². The number of aromatic nitrogens is 2. The smallest absolute Gasteiger partial charge is 0.106 e. The molecule has 0 aliphatic heterocycles. The molecule has 0 atom stereocenters. The van der Waals surface area contributed by atoms with Gasteiger partial charge in [-0.2, -0.15) is 0 Å². The fourth-order valence-corrected chi connectivity index (χ4v) is 2.47. The molecule has 0 saturated carbocycles. The van der Waals surface area contributed by atoms with Gasteiger partial charge in [0.1, 0.15) is 5.82 Å². The first-order valence-electron chi connectivity index (χ1n) is 6.34. The van der Waals surface area contributed by atoms with E-state index in [1.165, 1.54) is 22.3 Å². The Balaban J connectivity index is 2.34. The standard InChI is InChI=1S/C15H20N2O/c1-10-7-11(2)15(12(3)8-10)13-9-16-14(17-13)5-4-6-18/h7-9,18H,4-6H2,1-3H3,(H,16,17). The number of aliphatic hydroxyl groups is 1. The van der Waals surface area contributed by atoms with Crippen molar-refractivity contribution in [2.24, 2.45) is 0 Å². The lowest BCUT2D eigenvalue weighted by atomic mass is 9.98. The van der Waals surface area contributed by atoms with Crippen LogP contribution in [0.3, 0.4) is 0 Å². The predicted octanol–water partition coefficient (Wildman–Crippen LogP) is 2.93. The summed E-state index contributed by atoms with van der Waals surface area (Å²) >= 11 is 0. The number of nitrogens with zero attached hydrogens (tertiary/aromatic N) is 1. The number of nitrogens with one attached hydrogen (secondary N) is 1. The molecule has 2 aromatic rings. The van der Waals surface area contributed by atoms with Gasteiger partial charge in [0.25, 0.3) is 0 Å². The quantitative estimate of drug-likeness (QED) is 0.868. The molecule has 3 heteroatoms. The van der Waals surface area contributed by atoms with Gasteiger partial charge >= 0.3 is 0 Å². The minimum atomic E-state index is 0.207. The number of aryl methyl sites for hydroxylation is 4. The average molecular weight is 244 g/mol.